The van der Waals surface area contributed by atoms with Crippen molar-refractivity contribution in [1.29, 1.82) is 0 Å². The molecule has 2 heterocycles. The van der Waals surface area contributed by atoms with Crippen molar-refractivity contribution in [2.75, 3.05) is 31.1 Å². The number of Topliss-reactive ketones (excluding diaryl/α,β-unsaturated/α-hetero) is 1. The Balaban J connectivity index is 1.58. The van der Waals surface area contributed by atoms with Crippen molar-refractivity contribution in [3.05, 3.63) is 40.9 Å². The highest BCUT2D eigenvalue weighted by atomic mass is 32.1. The molecule has 0 unspecified atom stereocenters. The van der Waals surface area contributed by atoms with Gasteiger partial charge in [-0.3, -0.25) is 9.69 Å². The number of aryl methyl sites for hydroxylation is 1. The molecule has 0 aliphatic carbocycles. The van der Waals surface area contributed by atoms with E-state index in [1.807, 2.05) is 33.5 Å². The molecule has 6 nitrogen and oxygen atoms in total. The predicted molar refractivity (Wildman–Crippen MR) is 97.0 cm³/mol. The van der Waals surface area contributed by atoms with Crippen LogP contribution >= 0.6 is 12.2 Å². The van der Waals surface area contributed by atoms with Crippen LogP contribution in [0.3, 0.4) is 0 Å². The fourth-order valence-corrected chi connectivity index (χ4v) is 3.21. The molecule has 1 aromatic heterocycles. The molecule has 24 heavy (non-hydrogen) atoms. The number of carbonyl (C=O) groups excluding carboxylic acids is 1. The lowest BCUT2D eigenvalue weighted by Crippen LogP contribution is -2.47. The molecule has 0 spiro atoms. The predicted octanol–water partition coefficient (Wildman–Crippen LogP) is 2.42. The summed E-state index contributed by atoms with van der Waals surface area (Å²) in [5.74, 6) is 0.106. The largest absolute Gasteiger partial charge is 0.369 e. The SMILES string of the molecule is CCn1cnn(CN2CCN(c3ccc(C(C)=O)cc3)CC2)c1=S. The Bertz CT molecular complexity index is 756. The van der Waals surface area contributed by atoms with Crippen molar-refractivity contribution in [3.8, 4) is 0 Å². The van der Waals surface area contributed by atoms with Crippen molar-refractivity contribution in [1.82, 2.24) is 19.2 Å². The Hall–Kier alpha value is -1.99. The van der Waals surface area contributed by atoms with Crippen LogP contribution < -0.4 is 4.90 Å². The maximum absolute atomic E-state index is 11.4. The third-order valence-corrected chi connectivity index (χ3v) is 4.93. The van der Waals surface area contributed by atoms with E-state index in [9.17, 15) is 4.79 Å². The molecule has 1 aromatic carbocycles. The topological polar surface area (TPSA) is 46.3 Å². The molecule has 2 aromatic rings. The number of ketones is 1. The van der Waals surface area contributed by atoms with E-state index in [2.05, 4.69) is 21.8 Å². The summed E-state index contributed by atoms with van der Waals surface area (Å²) < 4.78 is 4.64. The number of aromatic nitrogens is 3. The Morgan fingerprint density at radius 1 is 1.17 bits per heavy atom. The second-order valence-electron chi connectivity index (χ2n) is 6.05. The van der Waals surface area contributed by atoms with Gasteiger partial charge in [-0.1, -0.05) is 0 Å². The van der Waals surface area contributed by atoms with Crippen molar-refractivity contribution >= 4 is 23.7 Å². The average Bonchev–Trinajstić information content (AvgIpc) is 2.95. The number of carbonyl (C=O) groups is 1. The Labute approximate surface area is 147 Å². The Kier molecular flexibility index (Phi) is 5.11. The average molecular weight is 345 g/mol. The van der Waals surface area contributed by atoms with Gasteiger partial charge in [-0.2, -0.15) is 5.10 Å². The first kappa shape index (κ1) is 16.9. The molecule has 0 N–H and O–H groups in total. The van der Waals surface area contributed by atoms with Gasteiger partial charge in [0, 0.05) is 44.0 Å². The lowest BCUT2D eigenvalue weighted by molar-refractivity contribution is 0.101. The van der Waals surface area contributed by atoms with Crippen LogP contribution in [0.1, 0.15) is 24.2 Å². The van der Waals surface area contributed by atoms with Crippen LogP contribution in [-0.4, -0.2) is 51.2 Å². The molecule has 1 aliphatic heterocycles. The van der Waals surface area contributed by atoms with Gasteiger partial charge in [0.25, 0.3) is 0 Å². The van der Waals surface area contributed by atoms with Gasteiger partial charge in [-0.15, -0.1) is 0 Å². The first-order chi connectivity index (χ1) is 11.6. The summed E-state index contributed by atoms with van der Waals surface area (Å²) in [5, 5.41) is 4.37. The quantitative estimate of drug-likeness (QED) is 0.615. The highest BCUT2D eigenvalue weighted by Crippen LogP contribution is 2.18. The molecule has 1 aliphatic rings. The number of benzene rings is 1. The molecule has 1 saturated heterocycles. The molecule has 0 bridgehead atoms. The summed E-state index contributed by atoms with van der Waals surface area (Å²) in [7, 11) is 0. The minimum Gasteiger partial charge on any atom is -0.369 e. The molecular weight excluding hydrogens is 322 g/mol. The maximum atomic E-state index is 11.4. The molecule has 128 valence electrons. The molecule has 7 heteroatoms. The van der Waals surface area contributed by atoms with Crippen LogP contribution in [0.4, 0.5) is 5.69 Å². The second-order valence-corrected chi connectivity index (χ2v) is 6.41. The van der Waals surface area contributed by atoms with Crippen LogP contribution in [0.25, 0.3) is 0 Å². The van der Waals surface area contributed by atoms with Gasteiger partial charge in [0.05, 0.1) is 6.67 Å². The van der Waals surface area contributed by atoms with E-state index in [4.69, 9.17) is 12.2 Å². The zero-order valence-corrected chi connectivity index (χ0v) is 15.0. The number of hydrogen-bond donors (Lipinski definition) is 0. The maximum Gasteiger partial charge on any atom is 0.198 e. The van der Waals surface area contributed by atoms with Gasteiger partial charge in [0.15, 0.2) is 10.6 Å². The fraction of sp³-hybridized carbons (Fsp3) is 0.471. The summed E-state index contributed by atoms with van der Waals surface area (Å²) in [5.41, 5.74) is 1.93. The summed E-state index contributed by atoms with van der Waals surface area (Å²) in [6, 6.07) is 7.87. The minimum atomic E-state index is 0.106. The standard InChI is InChI=1S/C17H23N5OS/c1-3-20-12-18-22(17(20)24)13-19-8-10-21(11-9-19)16-6-4-15(5-7-16)14(2)23/h4-7,12H,3,8-11,13H2,1-2H3. The van der Waals surface area contributed by atoms with Crippen LogP contribution in [0, 0.1) is 4.77 Å². The van der Waals surface area contributed by atoms with Gasteiger partial charge in [0.2, 0.25) is 0 Å². The van der Waals surface area contributed by atoms with Gasteiger partial charge >= 0.3 is 0 Å². The van der Waals surface area contributed by atoms with E-state index < -0.39 is 0 Å². The number of rotatable bonds is 5. The zero-order valence-electron chi connectivity index (χ0n) is 14.2. The third-order valence-electron chi connectivity index (χ3n) is 4.48. The van der Waals surface area contributed by atoms with Crippen molar-refractivity contribution < 1.29 is 4.79 Å². The zero-order chi connectivity index (χ0) is 17.1. The van der Waals surface area contributed by atoms with E-state index in [1.165, 1.54) is 5.69 Å². The van der Waals surface area contributed by atoms with E-state index in [-0.39, 0.29) is 5.78 Å². The highest BCUT2D eigenvalue weighted by molar-refractivity contribution is 7.71. The van der Waals surface area contributed by atoms with Gasteiger partial charge in [0.1, 0.15) is 6.33 Å². The molecule has 0 atom stereocenters. The third kappa shape index (κ3) is 3.57. The number of hydrogen-bond acceptors (Lipinski definition) is 5. The smallest absolute Gasteiger partial charge is 0.198 e. The monoisotopic (exact) mass is 345 g/mol. The molecule has 3 rings (SSSR count). The highest BCUT2D eigenvalue weighted by Gasteiger charge is 2.18. The summed E-state index contributed by atoms with van der Waals surface area (Å²) in [4.78, 5) is 16.1. The van der Waals surface area contributed by atoms with E-state index in [0.717, 1.165) is 49.7 Å². The lowest BCUT2D eigenvalue weighted by atomic mass is 10.1. The van der Waals surface area contributed by atoms with E-state index in [1.54, 1.807) is 13.3 Å². The van der Waals surface area contributed by atoms with Gasteiger partial charge < -0.3 is 9.47 Å². The molecule has 0 radical (unpaired) electrons. The first-order valence-corrected chi connectivity index (χ1v) is 8.70. The normalized spacial score (nSPS) is 15.7. The van der Waals surface area contributed by atoms with Gasteiger partial charge in [-0.05, 0) is 50.3 Å². The van der Waals surface area contributed by atoms with Crippen LogP contribution in [-0.2, 0) is 13.2 Å². The molecular formula is C17H23N5OS. The molecule has 0 saturated carbocycles. The van der Waals surface area contributed by atoms with Crippen molar-refractivity contribution in [2.45, 2.75) is 27.1 Å². The summed E-state index contributed by atoms with van der Waals surface area (Å²) >= 11 is 5.42. The van der Waals surface area contributed by atoms with E-state index in [0.29, 0.717) is 0 Å². The number of nitrogens with zero attached hydrogens (tertiary/aromatic N) is 5. The van der Waals surface area contributed by atoms with Crippen molar-refractivity contribution in [2.24, 2.45) is 0 Å². The van der Waals surface area contributed by atoms with E-state index >= 15 is 0 Å². The second kappa shape index (κ2) is 7.27. The lowest BCUT2D eigenvalue weighted by Gasteiger charge is -2.35. The molecule has 1 fully saturated rings. The first-order valence-electron chi connectivity index (χ1n) is 8.29. The van der Waals surface area contributed by atoms with Crippen LogP contribution in [0.15, 0.2) is 30.6 Å². The summed E-state index contributed by atoms with van der Waals surface area (Å²) in [6.45, 7) is 9.11. The number of anilines is 1. The Morgan fingerprint density at radius 2 is 1.83 bits per heavy atom. The van der Waals surface area contributed by atoms with Crippen LogP contribution in [0.5, 0.6) is 0 Å². The summed E-state index contributed by atoms with van der Waals surface area (Å²) in [6.07, 6.45) is 1.80. The minimum absolute atomic E-state index is 0.106. The van der Waals surface area contributed by atoms with Gasteiger partial charge in [-0.25, -0.2) is 4.68 Å². The van der Waals surface area contributed by atoms with Crippen LogP contribution in [0.2, 0.25) is 0 Å². The Morgan fingerprint density at radius 3 is 2.38 bits per heavy atom. The fourth-order valence-electron chi connectivity index (χ4n) is 2.93. The van der Waals surface area contributed by atoms with Crippen molar-refractivity contribution in [3.63, 3.8) is 0 Å². The molecule has 0 amide bonds. The number of piperazine rings is 1.